The summed E-state index contributed by atoms with van der Waals surface area (Å²) < 4.78 is 16.2. The molecule has 6 heteroatoms. The Kier molecular flexibility index (Phi) is 7.08. The van der Waals surface area contributed by atoms with Crippen LogP contribution in [-0.4, -0.2) is 51.3 Å². The first-order chi connectivity index (χ1) is 14.5. The number of carbonyl (C=O) groups excluding carboxylic acids is 1. The number of benzene rings is 2. The highest BCUT2D eigenvalue weighted by Gasteiger charge is 2.26. The number of hydrogen-bond acceptors (Lipinski definition) is 5. The number of amides is 1. The van der Waals surface area contributed by atoms with Gasteiger partial charge in [-0.15, -0.1) is 0 Å². The second kappa shape index (κ2) is 9.74. The first kappa shape index (κ1) is 21.8. The Hall–Kier alpha value is -2.89. The summed E-state index contributed by atoms with van der Waals surface area (Å²) in [5, 5.41) is 3.58. The number of methoxy groups -OCH3 is 3. The van der Waals surface area contributed by atoms with Gasteiger partial charge in [-0.3, -0.25) is 4.79 Å². The van der Waals surface area contributed by atoms with Crippen molar-refractivity contribution in [3.8, 4) is 17.2 Å². The topological polar surface area (TPSA) is 60.0 Å². The normalized spacial score (nSPS) is 16.3. The Morgan fingerprint density at radius 1 is 1.03 bits per heavy atom. The number of anilines is 1. The molecule has 162 valence electrons. The summed E-state index contributed by atoms with van der Waals surface area (Å²) in [5.74, 6) is 1.94. The van der Waals surface area contributed by atoms with E-state index in [1.54, 1.807) is 33.5 Å². The van der Waals surface area contributed by atoms with Crippen LogP contribution in [0.1, 0.15) is 48.5 Å². The van der Waals surface area contributed by atoms with Crippen molar-refractivity contribution >= 4 is 11.6 Å². The van der Waals surface area contributed by atoms with Crippen LogP contribution in [-0.2, 0) is 0 Å². The second-order valence-corrected chi connectivity index (χ2v) is 7.93. The van der Waals surface area contributed by atoms with Gasteiger partial charge in [0.1, 0.15) is 0 Å². The summed E-state index contributed by atoms with van der Waals surface area (Å²) in [6, 6.07) is 12.2. The van der Waals surface area contributed by atoms with E-state index in [2.05, 4.69) is 43.4 Å². The van der Waals surface area contributed by atoms with Crippen LogP contribution >= 0.6 is 0 Å². The number of hydrogen-bond donors (Lipinski definition) is 1. The van der Waals surface area contributed by atoms with Gasteiger partial charge in [-0.25, -0.2) is 0 Å². The van der Waals surface area contributed by atoms with Crippen LogP contribution in [0.5, 0.6) is 17.2 Å². The highest BCUT2D eigenvalue weighted by molar-refractivity contribution is 5.95. The lowest BCUT2D eigenvalue weighted by Crippen LogP contribution is -2.45. The van der Waals surface area contributed by atoms with Crippen LogP contribution < -0.4 is 19.5 Å². The molecule has 3 rings (SSSR count). The Labute approximate surface area is 179 Å². The molecule has 1 amide bonds. The highest BCUT2D eigenvalue weighted by Crippen LogP contribution is 2.38. The molecular weight excluding hydrogens is 380 g/mol. The summed E-state index contributed by atoms with van der Waals surface area (Å²) in [5.41, 5.74) is 2.95. The third-order valence-corrected chi connectivity index (χ3v) is 5.57. The zero-order valence-electron chi connectivity index (χ0n) is 18.5. The Morgan fingerprint density at radius 3 is 2.20 bits per heavy atom. The van der Waals surface area contributed by atoms with Crippen LogP contribution in [0.3, 0.4) is 0 Å². The van der Waals surface area contributed by atoms with Crippen LogP contribution in [0.25, 0.3) is 0 Å². The SMILES string of the molecule is COc1cc(C(=O)N2CCC[C@H](Nc3ccc(C(C)C)cc3)C2)cc(OC)c1OC. The van der Waals surface area contributed by atoms with Gasteiger partial charge < -0.3 is 24.4 Å². The summed E-state index contributed by atoms with van der Waals surface area (Å²) >= 11 is 0. The third-order valence-electron chi connectivity index (χ3n) is 5.57. The van der Waals surface area contributed by atoms with Gasteiger partial charge in [-0.05, 0) is 48.6 Å². The number of carbonyl (C=O) groups is 1. The molecule has 1 saturated heterocycles. The van der Waals surface area contributed by atoms with Crippen LogP contribution in [0, 0.1) is 0 Å². The minimum atomic E-state index is -0.0316. The summed E-state index contributed by atoms with van der Waals surface area (Å²) in [4.78, 5) is 15.1. The van der Waals surface area contributed by atoms with Crippen molar-refractivity contribution in [1.82, 2.24) is 4.90 Å². The molecule has 0 aromatic heterocycles. The van der Waals surface area contributed by atoms with E-state index in [9.17, 15) is 4.79 Å². The van der Waals surface area contributed by atoms with Crippen LogP contribution in [0.4, 0.5) is 5.69 Å². The number of nitrogens with zero attached hydrogens (tertiary/aromatic N) is 1. The van der Waals surface area contributed by atoms with Crippen molar-refractivity contribution < 1.29 is 19.0 Å². The molecule has 2 aromatic rings. The lowest BCUT2D eigenvalue weighted by Gasteiger charge is -2.34. The minimum absolute atomic E-state index is 0.0316. The average Bonchev–Trinajstić information content (AvgIpc) is 2.78. The Bertz CT molecular complexity index is 839. The molecule has 1 N–H and O–H groups in total. The van der Waals surface area contributed by atoms with Gasteiger partial charge in [0.2, 0.25) is 5.75 Å². The molecule has 30 heavy (non-hydrogen) atoms. The second-order valence-electron chi connectivity index (χ2n) is 7.93. The predicted octanol–water partition coefficient (Wildman–Crippen LogP) is 4.55. The predicted molar refractivity (Wildman–Crippen MR) is 119 cm³/mol. The number of piperidine rings is 1. The first-order valence-corrected chi connectivity index (χ1v) is 10.4. The van der Waals surface area contributed by atoms with Gasteiger partial charge in [-0.1, -0.05) is 26.0 Å². The maximum absolute atomic E-state index is 13.2. The molecule has 6 nitrogen and oxygen atoms in total. The van der Waals surface area contributed by atoms with Crippen molar-refractivity contribution in [3.63, 3.8) is 0 Å². The number of ether oxygens (including phenoxy) is 3. The van der Waals surface area contributed by atoms with Crippen molar-refractivity contribution in [2.75, 3.05) is 39.7 Å². The molecular formula is C24H32N2O4. The summed E-state index contributed by atoms with van der Waals surface area (Å²) in [6.07, 6.45) is 1.99. The maximum atomic E-state index is 13.2. The van der Waals surface area contributed by atoms with Gasteiger partial charge >= 0.3 is 0 Å². The van der Waals surface area contributed by atoms with Crippen LogP contribution in [0.15, 0.2) is 36.4 Å². The lowest BCUT2D eigenvalue weighted by molar-refractivity contribution is 0.0714. The van der Waals surface area contributed by atoms with Crippen LogP contribution in [0.2, 0.25) is 0 Å². The van der Waals surface area contributed by atoms with Crippen molar-refractivity contribution in [1.29, 1.82) is 0 Å². The van der Waals surface area contributed by atoms with E-state index in [0.29, 0.717) is 35.3 Å². The molecule has 0 unspecified atom stereocenters. The minimum Gasteiger partial charge on any atom is -0.493 e. The molecule has 1 heterocycles. The van der Waals surface area contributed by atoms with Gasteiger partial charge in [-0.2, -0.15) is 0 Å². The monoisotopic (exact) mass is 412 g/mol. The Morgan fingerprint density at radius 2 is 1.67 bits per heavy atom. The van der Waals surface area contributed by atoms with E-state index in [0.717, 1.165) is 25.1 Å². The van der Waals surface area contributed by atoms with E-state index in [1.165, 1.54) is 5.56 Å². The fraction of sp³-hybridized carbons (Fsp3) is 0.458. The first-order valence-electron chi connectivity index (χ1n) is 10.4. The van der Waals surface area contributed by atoms with E-state index in [1.807, 2.05) is 4.90 Å². The molecule has 0 saturated carbocycles. The lowest BCUT2D eigenvalue weighted by atomic mass is 10.0. The smallest absolute Gasteiger partial charge is 0.254 e. The largest absolute Gasteiger partial charge is 0.493 e. The van der Waals surface area contributed by atoms with Crippen molar-refractivity contribution in [2.24, 2.45) is 0 Å². The van der Waals surface area contributed by atoms with Crippen molar-refractivity contribution in [3.05, 3.63) is 47.5 Å². The molecule has 0 spiro atoms. The quantitative estimate of drug-likeness (QED) is 0.723. The van der Waals surface area contributed by atoms with Gasteiger partial charge in [0.05, 0.1) is 21.3 Å². The zero-order chi connectivity index (χ0) is 21.7. The standard InChI is InChI=1S/C24H32N2O4/c1-16(2)17-8-10-19(11-9-17)25-20-7-6-12-26(15-20)24(27)18-13-21(28-3)23(30-5)22(14-18)29-4/h8-11,13-14,16,20,25H,6-7,12,15H2,1-5H3/t20-/m0/s1. The fourth-order valence-corrected chi connectivity index (χ4v) is 3.87. The molecule has 0 bridgehead atoms. The molecule has 2 aromatic carbocycles. The highest BCUT2D eigenvalue weighted by atomic mass is 16.5. The summed E-state index contributed by atoms with van der Waals surface area (Å²) in [6.45, 7) is 5.77. The van der Waals surface area contributed by atoms with E-state index in [-0.39, 0.29) is 11.9 Å². The zero-order valence-corrected chi connectivity index (χ0v) is 18.5. The molecule has 1 atom stereocenters. The average molecular weight is 413 g/mol. The third kappa shape index (κ3) is 4.81. The van der Waals surface area contributed by atoms with E-state index in [4.69, 9.17) is 14.2 Å². The van der Waals surface area contributed by atoms with E-state index >= 15 is 0 Å². The fourth-order valence-electron chi connectivity index (χ4n) is 3.87. The molecule has 1 aliphatic heterocycles. The van der Waals surface area contributed by atoms with Gasteiger partial charge in [0.25, 0.3) is 5.91 Å². The number of rotatable bonds is 7. The van der Waals surface area contributed by atoms with E-state index < -0.39 is 0 Å². The molecule has 0 radical (unpaired) electrons. The van der Waals surface area contributed by atoms with Gasteiger partial charge in [0, 0.05) is 30.4 Å². The number of likely N-dealkylation sites (tertiary alicyclic amines) is 1. The Balaban J connectivity index is 1.72. The van der Waals surface area contributed by atoms with Crippen molar-refractivity contribution in [2.45, 2.75) is 38.6 Å². The maximum Gasteiger partial charge on any atom is 0.254 e. The molecule has 0 aliphatic carbocycles. The molecule has 1 fully saturated rings. The number of nitrogens with one attached hydrogen (secondary N) is 1. The molecule has 1 aliphatic rings. The summed E-state index contributed by atoms with van der Waals surface area (Å²) in [7, 11) is 4.66. The van der Waals surface area contributed by atoms with Gasteiger partial charge in [0.15, 0.2) is 11.5 Å².